The monoisotopic (exact) mass is 287 g/mol. The number of aromatic carboxylic acids is 1. The molecule has 1 aromatic carbocycles. The van der Waals surface area contributed by atoms with Crippen LogP contribution in [0.3, 0.4) is 0 Å². The number of benzene rings is 1. The van der Waals surface area contributed by atoms with Crippen molar-refractivity contribution in [2.24, 2.45) is 0 Å². The van der Waals surface area contributed by atoms with Crippen LogP contribution >= 0.6 is 0 Å². The molecule has 0 bridgehead atoms. The van der Waals surface area contributed by atoms with Crippen molar-refractivity contribution in [1.29, 1.82) is 0 Å². The normalized spacial score (nSPS) is 14.7. The van der Waals surface area contributed by atoms with Crippen LogP contribution in [0.2, 0.25) is 0 Å². The van der Waals surface area contributed by atoms with Crippen LogP contribution in [0.5, 0.6) is 5.75 Å². The third-order valence-corrected chi connectivity index (χ3v) is 3.79. The number of hydrogen-bond donors (Lipinski definition) is 2. The summed E-state index contributed by atoms with van der Waals surface area (Å²) in [6.07, 6.45) is 3.66. The van der Waals surface area contributed by atoms with E-state index in [1.54, 1.807) is 6.07 Å². The Kier molecular flexibility index (Phi) is 3.17. The number of carboxylic acids is 1. The largest absolute Gasteiger partial charge is 0.507 e. The number of aldehydes is 1. The smallest absolute Gasteiger partial charge is 0.339 e. The number of carboxylic acid groups (broad SMARTS) is 1. The minimum atomic E-state index is -1.23. The van der Waals surface area contributed by atoms with Gasteiger partial charge in [-0.15, -0.1) is 5.10 Å². The Labute approximate surface area is 119 Å². The predicted molar refractivity (Wildman–Crippen MR) is 72.0 cm³/mol. The highest BCUT2D eigenvalue weighted by Gasteiger charge is 2.28. The molecule has 0 radical (unpaired) electrons. The number of nitrogens with zero attached hydrogens (tertiary/aromatic N) is 3. The molecule has 1 saturated carbocycles. The molecule has 0 spiro atoms. The molecule has 1 aliphatic carbocycles. The molecule has 3 rings (SSSR count). The van der Waals surface area contributed by atoms with Crippen molar-refractivity contribution >= 4 is 12.3 Å². The van der Waals surface area contributed by atoms with Crippen LogP contribution in [0.25, 0.3) is 5.69 Å². The van der Waals surface area contributed by atoms with Gasteiger partial charge < -0.3 is 10.2 Å². The van der Waals surface area contributed by atoms with Gasteiger partial charge in [-0.3, -0.25) is 4.79 Å². The molecular formula is C14H13N3O4. The molecule has 21 heavy (non-hydrogen) atoms. The molecule has 0 aliphatic heterocycles. The zero-order valence-corrected chi connectivity index (χ0v) is 11.1. The van der Waals surface area contributed by atoms with E-state index in [1.807, 2.05) is 0 Å². The van der Waals surface area contributed by atoms with Crippen molar-refractivity contribution in [3.05, 3.63) is 35.2 Å². The molecule has 1 aromatic heterocycles. The molecule has 7 nitrogen and oxygen atoms in total. The second-order valence-electron chi connectivity index (χ2n) is 5.02. The van der Waals surface area contributed by atoms with Gasteiger partial charge in [-0.2, -0.15) is 0 Å². The topological polar surface area (TPSA) is 105 Å². The molecule has 1 aliphatic rings. The van der Waals surface area contributed by atoms with E-state index in [9.17, 15) is 14.7 Å². The molecule has 1 heterocycles. The van der Waals surface area contributed by atoms with Crippen LogP contribution in [0.1, 0.15) is 51.7 Å². The van der Waals surface area contributed by atoms with E-state index in [0.29, 0.717) is 17.7 Å². The van der Waals surface area contributed by atoms with Crippen LogP contribution < -0.4 is 0 Å². The number of phenols is 1. The summed E-state index contributed by atoms with van der Waals surface area (Å²) in [6, 6.07) is 4.17. The molecular weight excluding hydrogens is 274 g/mol. The molecule has 0 atom stereocenters. The fraction of sp³-hybridized carbons (Fsp3) is 0.286. The summed E-state index contributed by atoms with van der Waals surface area (Å²) in [6.45, 7) is 0. The van der Waals surface area contributed by atoms with Crippen molar-refractivity contribution in [1.82, 2.24) is 15.0 Å². The first-order valence-electron chi connectivity index (χ1n) is 6.59. The molecule has 2 aromatic rings. The first kappa shape index (κ1) is 13.3. The van der Waals surface area contributed by atoms with Crippen molar-refractivity contribution in [2.45, 2.75) is 25.2 Å². The van der Waals surface area contributed by atoms with Crippen LogP contribution in [0, 0.1) is 0 Å². The first-order valence-corrected chi connectivity index (χ1v) is 6.59. The Morgan fingerprint density at radius 2 is 2.14 bits per heavy atom. The van der Waals surface area contributed by atoms with E-state index in [-0.39, 0.29) is 22.9 Å². The average Bonchev–Trinajstić information content (AvgIpc) is 2.81. The summed E-state index contributed by atoms with van der Waals surface area (Å²) < 4.78 is 1.49. The van der Waals surface area contributed by atoms with E-state index < -0.39 is 5.97 Å². The Bertz CT molecular complexity index is 719. The second kappa shape index (κ2) is 5.01. The lowest BCUT2D eigenvalue weighted by Crippen LogP contribution is -2.16. The van der Waals surface area contributed by atoms with Gasteiger partial charge in [-0.25, -0.2) is 9.48 Å². The van der Waals surface area contributed by atoms with E-state index in [2.05, 4.69) is 10.3 Å². The molecule has 1 fully saturated rings. The van der Waals surface area contributed by atoms with Gasteiger partial charge in [-0.1, -0.05) is 11.6 Å². The van der Waals surface area contributed by atoms with E-state index >= 15 is 0 Å². The van der Waals surface area contributed by atoms with Gasteiger partial charge in [0.25, 0.3) is 0 Å². The molecule has 108 valence electrons. The third kappa shape index (κ3) is 2.16. The molecule has 2 N–H and O–H groups in total. The van der Waals surface area contributed by atoms with Gasteiger partial charge in [0.15, 0.2) is 6.29 Å². The fourth-order valence-corrected chi connectivity index (χ4v) is 2.47. The van der Waals surface area contributed by atoms with E-state index in [4.69, 9.17) is 5.11 Å². The van der Waals surface area contributed by atoms with Gasteiger partial charge >= 0.3 is 5.97 Å². The number of rotatable bonds is 4. The highest BCUT2D eigenvalue weighted by Crippen LogP contribution is 2.38. The summed E-state index contributed by atoms with van der Waals surface area (Å²) in [4.78, 5) is 22.2. The maximum absolute atomic E-state index is 11.1. The summed E-state index contributed by atoms with van der Waals surface area (Å²) in [7, 11) is 0. The van der Waals surface area contributed by atoms with Gasteiger partial charge in [0, 0.05) is 5.92 Å². The number of aromatic nitrogens is 3. The van der Waals surface area contributed by atoms with Gasteiger partial charge in [0.1, 0.15) is 17.0 Å². The SMILES string of the molecule is O=Cc1nnn(-c2ccc(O)c(C(=O)O)c2)c1C1CCC1. The number of aromatic hydroxyl groups is 1. The van der Waals surface area contributed by atoms with Crippen LogP contribution in [-0.4, -0.2) is 37.5 Å². The molecule has 7 heteroatoms. The Morgan fingerprint density at radius 1 is 1.38 bits per heavy atom. The first-order chi connectivity index (χ1) is 10.1. The second-order valence-corrected chi connectivity index (χ2v) is 5.02. The van der Waals surface area contributed by atoms with Crippen LogP contribution in [-0.2, 0) is 0 Å². The summed E-state index contributed by atoms with van der Waals surface area (Å²) in [5.74, 6) is -1.33. The zero-order chi connectivity index (χ0) is 15.0. The Morgan fingerprint density at radius 3 is 2.71 bits per heavy atom. The maximum Gasteiger partial charge on any atom is 0.339 e. The quantitative estimate of drug-likeness (QED) is 0.830. The van der Waals surface area contributed by atoms with Crippen molar-refractivity contribution in [3.8, 4) is 11.4 Å². The van der Waals surface area contributed by atoms with Crippen molar-refractivity contribution in [2.75, 3.05) is 0 Å². The highest BCUT2D eigenvalue weighted by atomic mass is 16.4. The molecule has 0 unspecified atom stereocenters. The highest BCUT2D eigenvalue weighted by molar-refractivity contribution is 5.91. The lowest BCUT2D eigenvalue weighted by molar-refractivity contribution is 0.0693. The summed E-state index contributed by atoms with van der Waals surface area (Å²) in [5, 5.41) is 26.4. The van der Waals surface area contributed by atoms with E-state index in [0.717, 1.165) is 19.3 Å². The Balaban J connectivity index is 2.12. The minimum Gasteiger partial charge on any atom is -0.507 e. The third-order valence-electron chi connectivity index (χ3n) is 3.79. The maximum atomic E-state index is 11.1. The summed E-state index contributed by atoms with van der Waals surface area (Å²) >= 11 is 0. The number of carbonyl (C=O) groups excluding carboxylic acids is 1. The van der Waals surface area contributed by atoms with E-state index in [1.165, 1.54) is 16.8 Å². The molecule has 0 saturated heterocycles. The van der Waals surface area contributed by atoms with Gasteiger partial charge in [0.2, 0.25) is 0 Å². The van der Waals surface area contributed by atoms with Crippen LogP contribution in [0.15, 0.2) is 18.2 Å². The lowest BCUT2D eigenvalue weighted by atomic mass is 9.82. The zero-order valence-electron chi connectivity index (χ0n) is 11.1. The van der Waals surface area contributed by atoms with Crippen LogP contribution in [0.4, 0.5) is 0 Å². The predicted octanol–water partition coefficient (Wildman–Crippen LogP) is 1.75. The fourth-order valence-electron chi connectivity index (χ4n) is 2.47. The number of hydrogen-bond acceptors (Lipinski definition) is 5. The van der Waals surface area contributed by atoms with Crippen molar-refractivity contribution in [3.63, 3.8) is 0 Å². The standard InChI is InChI=1S/C14H13N3O4/c18-7-11-13(8-2-1-3-8)17(16-15-11)9-4-5-12(19)10(6-9)14(20)21/h4-8,19H,1-3H2,(H,20,21). The Hall–Kier alpha value is -2.70. The molecule has 0 amide bonds. The minimum absolute atomic E-state index is 0.210. The van der Waals surface area contributed by atoms with Gasteiger partial charge in [-0.05, 0) is 31.0 Å². The van der Waals surface area contributed by atoms with Gasteiger partial charge in [0.05, 0.1) is 11.4 Å². The number of carbonyl (C=O) groups is 2. The summed E-state index contributed by atoms with van der Waals surface area (Å²) in [5.41, 5.74) is 1.24. The average molecular weight is 287 g/mol. The lowest BCUT2D eigenvalue weighted by Gasteiger charge is -2.26. The van der Waals surface area contributed by atoms with Crippen molar-refractivity contribution < 1.29 is 19.8 Å².